The topological polar surface area (TPSA) is 46.9 Å². The number of carbonyl (C=O) groups excluding carboxylic acids is 1. The molecule has 1 amide bonds. The molecule has 0 unspecified atom stereocenters. The molecule has 0 atom stereocenters. The summed E-state index contributed by atoms with van der Waals surface area (Å²) in [6, 6.07) is 6.36. The summed E-state index contributed by atoms with van der Waals surface area (Å²) >= 11 is 1.69. The van der Waals surface area contributed by atoms with Crippen LogP contribution in [0.15, 0.2) is 36.0 Å². The largest absolute Gasteiger partial charge is 0.349 e. The molecule has 0 aliphatic heterocycles. The Morgan fingerprint density at radius 3 is 3.05 bits per heavy atom. The van der Waals surface area contributed by atoms with Gasteiger partial charge in [0.15, 0.2) is 0 Å². The normalized spacial score (nSPS) is 11.0. The number of rotatable bonds is 4. The molecule has 1 N–H and O–H groups in total. The quantitative estimate of drug-likeness (QED) is 0.805. The van der Waals surface area contributed by atoms with Gasteiger partial charge < -0.3 is 9.88 Å². The van der Waals surface area contributed by atoms with Crippen LogP contribution in [0.1, 0.15) is 17.0 Å². The van der Waals surface area contributed by atoms with E-state index in [2.05, 4.69) is 40.8 Å². The number of aryl methyl sites for hydroxylation is 2. The summed E-state index contributed by atoms with van der Waals surface area (Å²) in [7, 11) is 1.92. The second kappa shape index (κ2) is 5.69. The highest BCUT2D eigenvalue weighted by atomic mass is 32.1. The molecule has 1 aromatic carbocycles. The van der Waals surface area contributed by atoms with E-state index < -0.39 is 0 Å². The van der Waals surface area contributed by atoms with E-state index in [0.29, 0.717) is 13.0 Å². The van der Waals surface area contributed by atoms with Crippen molar-refractivity contribution in [3.63, 3.8) is 0 Å². The fraction of sp³-hybridized carbons (Fsp3) is 0.250. The highest BCUT2D eigenvalue weighted by Crippen LogP contribution is 2.27. The Kier molecular flexibility index (Phi) is 3.75. The van der Waals surface area contributed by atoms with E-state index >= 15 is 0 Å². The van der Waals surface area contributed by atoms with E-state index in [-0.39, 0.29) is 5.91 Å². The summed E-state index contributed by atoms with van der Waals surface area (Å²) in [5.41, 5.74) is 2.31. The fourth-order valence-corrected chi connectivity index (χ4v) is 3.26. The first kappa shape index (κ1) is 13.8. The molecule has 21 heavy (non-hydrogen) atoms. The summed E-state index contributed by atoms with van der Waals surface area (Å²) in [5.74, 6) is 0.883. The van der Waals surface area contributed by atoms with Crippen molar-refractivity contribution in [1.29, 1.82) is 0 Å². The summed E-state index contributed by atoms with van der Waals surface area (Å²) < 4.78 is 3.14. The molecule has 4 nitrogen and oxygen atoms in total. The fourth-order valence-electron chi connectivity index (χ4n) is 2.31. The standard InChI is InChI=1S/C16H17N3OS/c1-11-3-4-14-13(7-11)12(10-21-14)8-16(20)18-9-15-17-5-6-19(15)2/h3-7,10H,8-9H2,1-2H3,(H,18,20). The van der Waals surface area contributed by atoms with Gasteiger partial charge >= 0.3 is 0 Å². The molecule has 3 aromatic rings. The Morgan fingerprint density at radius 1 is 1.43 bits per heavy atom. The first-order chi connectivity index (χ1) is 10.1. The van der Waals surface area contributed by atoms with Crippen molar-refractivity contribution in [2.24, 2.45) is 7.05 Å². The molecule has 0 saturated carbocycles. The number of nitrogens with one attached hydrogen (secondary N) is 1. The summed E-state index contributed by atoms with van der Waals surface area (Å²) in [6.07, 6.45) is 4.02. The predicted molar refractivity (Wildman–Crippen MR) is 85.3 cm³/mol. The molecule has 0 aliphatic rings. The van der Waals surface area contributed by atoms with Crippen molar-refractivity contribution in [2.45, 2.75) is 19.9 Å². The van der Waals surface area contributed by atoms with Gasteiger partial charge in [0.05, 0.1) is 13.0 Å². The number of thiophene rings is 1. The molecule has 0 radical (unpaired) electrons. The molecular weight excluding hydrogens is 282 g/mol. The number of carbonyl (C=O) groups is 1. The molecule has 5 heteroatoms. The number of imidazole rings is 1. The predicted octanol–water partition coefficient (Wildman–Crippen LogP) is 2.80. The van der Waals surface area contributed by atoms with Crippen molar-refractivity contribution in [2.75, 3.05) is 0 Å². The second-order valence-corrected chi connectivity index (χ2v) is 6.08. The minimum atomic E-state index is 0.0270. The highest BCUT2D eigenvalue weighted by molar-refractivity contribution is 7.17. The average Bonchev–Trinajstić information content (AvgIpc) is 3.03. The third-order valence-corrected chi connectivity index (χ3v) is 4.54. The lowest BCUT2D eigenvalue weighted by atomic mass is 10.1. The monoisotopic (exact) mass is 299 g/mol. The lowest BCUT2D eigenvalue weighted by Crippen LogP contribution is -2.25. The number of amides is 1. The van der Waals surface area contributed by atoms with E-state index in [9.17, 15) is 4.79 Å². The van der Waals surface area contributed by atoms with Crippen molar-refractivity contribution >= 4 is 27.3 Å². The summed E-state index contributed by atoms with van der Waals surface area (Å²) in [5, 5.41) is 6.19. The van der Waals surface area contributed by atoms with Gasteiger partial charge in [0.2, 0.25) is 5.91 Å². The zero-order chi connectivity index (χ0) is 14.8. The van der Waals surface area contributed by atoms with Gasteiger partial charge in [-0.05, 0) is 29.3 Å². The first-order valence-corrected chi connectivity index (χ1v) is 7.71. The highest BCUT2D eigenvalue weighted by Gasteiger charge is 2.10. The lowest BCUT2D eigenvalue weighted by molar-refractivity contribution is -0.120. The van der Waals surface area contributed by atoms with Crippen LogP contribution in [0.2, 0.25) is 0 Å². The first-order valence-electron chi connectivity index (χ1n) is 6.83. The van der Waals surface area contributed by atoms with E-state index in [1.807, 2.05) is 17.8 Å². The Hall–Kier alpha value is -2.14. The van der Waals surface area contributed by atoms with Crippen LogP contribution in [0, 0.1) is 6.92 Å². The molecule has 0 aliphatic carbocycles. The summed E-state index contributed by atoms with van der Waals surface area (Å²) in [6.45, 7) is 2.53. The minimum Gasteiger partial charge on any atom is -0.349 e. The van der Waals surface area contributed by atoms with Crippen LogP contribution in [0.5, 0.6) is 0 Å². The average molecular weight is 299 g/mol. The SMILES string of the molecule is Cc1ccc2scc(CC(=O)NCc3nccn3C)c2c1. The molecular formula is C16H17N3OS. The van der Waals surface area contributed by atoms with Crippen molar-refractivity contribution in [1.82, 2.24) is 14.9 Å². The van der Waals surface area contributed by atoms with E-state index in [0.717, 1.165) is 11.4 Å². The third-order valence-electron chi connectivity index (χ3n) is 3.52. The van der Waals surface area contributed by atoms with Crippen LogP contribution in [0.3, 0.4) is 0 Å². The van der Waals surface area contributed by atoms with Crippen LogP contribution in [-0.4, -0.2) is 15.5 Å². The maximum Gasteiger partial charge on any atom is 0.224 e. The number of fused-ring (bicyclic) bond motifs is 1. The van der Waals surface area contributed by atoms with Crippen LogP contribution in [-0.2, 0) is 24.8 Å². The maximum atomic E-state index is 12.1. The molecule has 2 aromatic heterocycles. The van der Waals surface area contributed by atoms with E-state index in [1.54, 1.807) is 17.5 Å². The number of hydrogen-bond donors (Lipinski definition) is 1. The van der Waals surface area contributed by atoms with Gasteiger partial charge in [-0.3, -0.25) is 4.79 Å². The van der Waals surface area contributed by atoms with Crippen LogP contribution in [0.25, 0.3) is 10.1 Å². The van der Waals surface area contributed by atoms with Gasteiger partial charge in [-0.1, -0.05) is 17.7 Å². The van der Waals surface area contributed by atoms with Crippen LogP contribution in [0.4, 0.5) is 0 Å². The molecule has 0 spiro atoms. The molecule has 2 heterocycles. The van der Waals surface area contributed by atoms with Gasteiger partial charge in [-0.15, -0.1) is 11.3 Å². The van der Waals surface area contributed by atoms with Gasteiger partial charge in [-0.25, -0.2) is 4.98 Å². The minimum absolute atomic E-state index is 0.0270. The molecule has 0 bridgehead atoms. The number of nitrogens with zero attached hydrogens (tertiary/aromatic N) is 2. The Labute approximate surface area is 127 Å². The van der Waals surface area contributed by atoms with Crippen LogP contribution < -0.4 is 5.32 Å². The van der Waals surface area contributed by atoms with Crippen molar-refractivity contribution in [3.05, 3.63) is 52.9 Å². The Balaban J connectivity index is 1.69. The lowest BCUT2D eigenvalue weighted by Gasteiger charge is -2.05. The molecule has 108 valence electrons. The third kappa shape index (κ3) is 2.97. The van der Waals surface area contributed by atoms with Gasteiger partial charge in [-0.2, -0.15) is 0 Å². The Bertz CT molecular complexity index is 788. The van der Waals surface area contributed by atoms with E-state index in [4.69, 9.17) is 0 Å². The number of hydrogen-bond acceptors (Lipinski definition) is 3. The van der Waals surface area contributed by atoms with Crippen molar-refractivity contribution in [3.8, 4) is 0 Å². The summed E-state index contributed by atoms with van der Waals surface area (Å²) in [4.78, 5) is 16.3. The molecule has 0 fully saturated rings. The number of benzene rings is 1. The van der Waals surface area contributed by atoms with Crippen molar-refractivity contribution < 1.29 is 4.79 Å². The number of aromatic nitrogens is 2. The Morgan fingerprint density at radius 2 is 2.29 bits per heavy atom. The zero-order valence-electron chi connectivity index (χ0n) is 12.1. The van der Waals surface area contributed by atoms with Crippen LogP contribution >= 0.6 is 11.3 Å². The van der Waals surface area contributed by atoms with Gasteiger partial charge in [0, 0.05) is 24.1 Å². The second-order valence-electron chi connectivity index (χ2n) is 5.17. The maximum absolute atomic E-state index is 12.1. The van der Waals surface area contributed by atoms with E-state index in [1.165, 1.54) is 15.6 Å². The zero-order valence-corrected chi connectivity index (χ0v) is 12.9. The smallest absolute Gasteiger partial charge is 0.224 e. The molecule has 3 rings (SSSR count). The molecule has 0 saturated heterocycles. The van der Waals surface area contributed by atoms with Gasteiger partial charge in [0.25, 0.3) is 0 Å². The van der Waals surface area contributed by atoms with Gasteiger partial charge in [0.1, 0.15) is 5.82 Å².